The highest BCUT2D eigenvalue weighted by molar-refractivity contribution is 5.97. The lowest BCUT2D eigenvalue weighted by atomic mass is 9.85. The highest BCUT2D eigenvalue weighted by Crippen LogP contribution is 2.38. The van der Waals surface area contributed by atoms with Crippen molar-refractivity contribution in [2.45, 2.75) is 38.1 Å². The lowest BCUT2D eigenvalue weighted by Gasteiger charge is -2.38. The van der Waals surface area contributed by atoms with Crippen LogP contribution in [0, 0.1) is 0 Å². The van der Waals surface area contributed by atoms with E-state index in [0.717, 1.165) is 28.3 Å². The van der Waals surface area contributed by atoms with Gasteiger partial charge in [0.2, 0.25) is 11.8 Å². The molecule has 148 valence electrons. The fourth-order valence-electron chi connectivity index (χ4n) is 3.90. The maximum absolute atomic E-state index is 13.1. The van der Waals surface area contributed by atoms with Crippen molar-refractivity contribution >= 4 is 17.5 Å². The first-order chi connectivity index (χ1) is 13.5. The Kier molecular flexibility index (Phi) is 5.87. The van der Waals surface area contributed by atoms with Crippen LogP contribution in [0.5, 0.6) is 11.5 Å². The maximum Gasteiger partial charge on any atom is 0.227 e. The molecule has 2 atom stereocenters. The first-order valence-electron chi connectivity index (χ1n) is 9.37. The molecule has 2 aromatic rings. The first kappa shape index (κ1) is 19.7. The molecule has 6 heteroatoms. The van der Waals surface area contributed by atoms with Crippen LogP contribution in [-0.2, 0) is 16.0 Å². The number of primary amides is 1. The summed E-state index contributed by atoms with van der Waals surface area (Å²) in [6.07, 6.45) is 1.38. The van der Waals surface area contributed by atoms with Gasteiger partial charge in [0, 0.05) is 18.2 Å². The molecule has 2 amide bonds. The lowest BCUT2D eigenvalue weighted by Crippen LogP contribution is -2.45. The van der Waals surface area contributed by atoms with Crippen molar-refractivity contribution < 1.29 is 19.1 Å². The number of hydrogen-bond acceptors (Lipinski definition) is 4. The summed E-state index contributed by atoms with van der Waals surface area (Å²) in [6, 6.07) is 13.0. The van der Waals surface area contributed by atoms with Crippen molar-refractivity contribution in [3.05, 3.63) is 53.6 Å². The van der Waals surface area contributed by atoms with Crippen molar-refractivity contribution in [2.24, 2.45) is 5.73 Å². The van der Waals surface area contributed by atoms with Crippen LogP contribution in [0.1, 0.15) is 36.8 Å². The number of aryl methyl sites for hydroxylation is 1. The summed E-state index contributed by atoms with van der Waals surface area (Å²) in [7, 11) is 3.22. The van der Waals surface area contributed by atoms with Gasteiger partial charge in [-0.15, -0.1) is 0 Å². The summed E-state index contributed by atoms with van der Waals surface area (Å²) in [5.41, 5.74) is 8.10. The van der Waals surface area contributed by atoms with E-state index in [0.29, 0.717) is 19.3 Å². The average molecular weight is 382 g/mol. The second-order valence-electron chi connectivity index (χ2n) is 7.04. The SMILES string of the molecule is COc1ccc(OC)c(CCC(=O)N2c3ccccc3[C@@H](C(N)=O)C[C@@H]2C)c1. The Hall–Kier alpha value is -3.02. The molecule has 0 radical (unpaired) electrons. The van der Waals surface area contributed by atoms with Gasteiger partial charge in [-0.1, -0.05) is 18.2 Å². The number of rotatable bonds is 6. The largest absolute Gasteiger partial charge is 0.497 e. The second kappa shape index (κ2) is 8.33. The van der Waals surface area contributed by atoms with E-state index in [1.165, 1.54) is 0 Å². The molecule has 0 saturated carbocycles. The van der Waals surface area contributed by atoms with Crippen LogP contribution in [0.25, 0.3) is 0 Å². The van der Waals surface area contributed by atoms with Gasteiger partial charge in [0.05, 0.1) is 20.1 Å². The van der Waals surface area contributed by atoms with E-state index in [-0.39, 0.29) is 23.8 Å². The molecule has 0 bridgehead atoms. The van der Waals surface area contributed by atoms with Gasteiger partial charge in [0.1, 0.15) is 11.5 Å². The highest BCUT2D eigenvalue weighted by Gasteiger charge is 2.35. The van der Waals surface area contributed by atoms with Crippen LogP contribution in [0.3, 0.4) is 0 Å². The molecule has 1 aliphatic rings. The zero-order valence-corrected chi connectivity index (χ0v) is 16.5. The van der Waals surface area contributed by atoms with E-state index < -0.39 is 0 Å². The fourth-order valence-corrected chi connectivity index (χ4v) is 3.90. The zero-order chi connectivity index (χ0) is 20.3. The Morgan fingerprint density at radius 3 is 2.57 bits per heavy atom. The van der Waals surface area contributed by atoms with Gasteiger partial charge in [0.25, 0.3) is 0 Å². The van der Waals surface area contributed by atoms with Crippen LogP contribution in [0.4, 0.5) is 5.69 Å². The molecule has 1 heterocycles. The summed E-state index contributed by atoms with van der Waals surface area (Å²) >= 11 is 0. The topological polar surface area (TPSA) is 81.9 Å². The Balaban J connectivity index is 1.83. The third-order valence-corrected chi connectivity index (χ3v) is 5.30. The summed E-state index contributed by atoms with van der Waals surface area (Å²) in [4.78, 5) is 26.8. The number of nitrogens with two attached hydrogens (primary N) is 1. The van der Waals surface area contributed by atoms with Gasteiger partial charge in [-0.05, 0) is 55.2 Å². The molecule has 2 aromatic carbocycles. The van der Waals surface area contributed by atoms with E-state index in [1.807, 2.05) is 49.4 Å². The molecular formula is C22H26N2O4. The zero-order valence-electron chi connectivity index (χ0n) is 16.5. The minimum atomic E-state index is -0.367. The quantitative estimate of drug-likeness (QED) is 0.833. The van der Waals surface area contributed by atoms with Gasteiger partial charge in [0.15, 0.2) is 0 Å². The Morgan fingerprint density at radius 1 is 1.14 bits per heavy atom. The molecule has 0 spiro atoms. The summed E-state index contributed by atoms with van der Waals surface area (Å²) < 4.78 is 10.7. The van der Waals surface area contributed by atoms with Crippen molar-refractivity contribution in [3.63, 3.8) is 0 Å². The molecule has 0 aliphatic carbocycles. The monoisotopic (exact) mass is 382 g/mol. The van der Waals surface area contributed by atoms with Gasteiger partial charge in [-0.2, -0.15) is 0 Å². The third-order valence-electron chi connectivity index (χ3n) is 5.30. The molecule has 28 heavy (non-hydrogen) atoms. The number of anilines is 1. The first-order valence-corrected chi connectivity index (χ1v) is 9.37. The third kappa shape index (κ3) is 3.81. The molecule has 0 unspecified atom stereocenters. The molecule has 1 aliphatic heterocycles. The number of amides is 2. The predicted molar refractivity (Wildman–Crippen MR) is 108 cm³/mol. The van der Waals surface area contributed by atoms with Gasteiger partial charge in [-0.25, -0.2) is 0 Å². The van der Waals surface area contributed by atoms with Crippen LogP contribution in [-0.4, -0.2) is 32.1 Å². The number of para-hydroxylation sites is 1. The maximum atomic E-state index is 13.1. The van der Waals surface area contributed by atoms with E-state index >= 15 is 0 Å². The van der Waals surface area contributed by atoms with Crippen molar-refractivity contribution in [2.75, 3.05) is 19.1 Å². The average Bonchev–Trinajstić information content (AvgIpc) is 2.70. The number of fused-ring (bicyclic) bond motifs is 1. The number of ether oxygens (including phenoxy) is 2. The number of benzene rings is 2. The minimum Gasteiger partial charge on any atom is -0.497 e. The van der Waals surface area contributed by atoms with Gasteiger partial charge < -0.3 is 20.1 Å². The lowest BCUT2D eigenvalue weighted by molar-refractivity contribution is -0.121. The van der Waals surface area contributed by atoms with Crippen molar-refractivity contribution in [3.8, 4) is 11.5 Å². The van der Waals surface area contributed by atoms with Crippen LogP contribution >= 0.6 is 0 Å². The van der Waals surface area contributed by atoms with E-state index in [1.54, 1.807) is 19.1 Å². The smallest absolute Gasteiger partial charge is 0.227 e. The molecule has 0 saturated heterocycles. The fraction of sp³-hybridized carbons (Fsp3) is 0.364. The van der Waals surface area contributed by atoms with Crippen molar-refractivity contribution in [1.29, 1.82) is 0 Å². The van der Waals surface area contributed by atoms with Crippen LogP contribution in [0.15, 0.2) is 42.5 Å². The molecule has 3 rings (SSSR count). The summed E-state index contributed by atoms with van der Waals surface area (Å²) in [5.74, 6) is 0.743. The van der Waals surface area contributed by atoms with Crippen molar-refractivity contribution in [1.82, 2.24) is 0 Å². The minimum absolute atomic E-state index is 0.00717. The molecule has 2 N–H and O–H groups in total. The highest BCUT2D eigenvalue weighted by atomic mass is 16.5. The molecule has 0 aromatic heterocycles. The Bertz CT molecular complexity index is 881. The standard InChI is InChI=1S/C22H26N2O4/c1-14-12-18(22(23)26)17-6-4-5-7-19(17)24(14)21(25)11-8-15-13-16(27-2)9-10-20(15)28-3/h4-7,9-10,13-14,18H,8,11-12H2,1-3H3,(H2,23,26)/t14-,18-/m0/s1. The number of nitrogens with zero attached hydrogens (tertiary/aromatic N) is 1. The Morgan fingerprint density at radius 2 is 1.89 bits per heavy atom. The number of carbonyl (C=O) groups excluding carboxylic acids is 2. The number of hydrogen-bond donors (Lipinski definition) is 1. The second-order valence-corrected chi connectivity index (χ2v) is 7.04. The van der Waals surface area contributed by atoms with E-state index in [4.69, 9.17) is 15.2 Å². The molecular weight excluding hydrogens is 356 g/mol. The number of carbonyl (C=O) groups is 2. The summed E-state index contributed by atoms with van der Waals surface area (Å²) in [5, 5.41) is 0. The van der Waals surface area contributed by atoms with Gasteiger partial charge >= 0.3 is 0 Å². The number of methoxy groups -OCH3 is 2. The normalized spacial score (nSPS) is 18.3. The van der Waals surface area contributed by atoms with E-state index in [2.05, 4.69) is 0 Å². The Labute approximate surface area is 165 Å². The van der Waals surface area contributed by atoms with Crippen LogP contribution < -0.4 is 20.1 Å². The summed E-state index contributed by atoms with van der Waals surface area (Å²) in [6.45, 7) is 1.95. The van der Waals surface area contributed by atoms with E-state index in [9.17, 15) is 9.59 Å². The van der Waals surface area contributed by atoms with Gasteiger partial charge in [-0.3, -0.25) is 9.59 Å². The predicted octanol–water partition coefficient (Wildman–Crippen LogP) is 3.03. The molecule has 0 fully saturated rings. The molecule has 6 nitrogen and oxygen atoms in total. The van der Waals surface area contributed by atoms with Crippen LogP contribution in [0.2, 0.25) is 0 Å².